The molecule has 0 saturated carbocycles. The number of hydrogen-bond acceptors (Lipinski definition) is 4. The lowest BCUT2D eigenvalue weighted by atomic mass is 10.1. The maximum atomic E-state index is 11.3. The zero-order valence-electron chi connectivity index (χ0n) is 12.5. The van der Waals surface area contributed by atoms with Crippen molar-refractivity contribution in [3.63, 3.8) is 0 Å². The highest BCUT2D eigenvalue weighted by atomic mass is 16.5. The molecule has 0 spiro atoms. The average Bonchev–Trinajstić information content (AvgIpc) is 2.53. The molecule has 0 aliphatic rings. The third-order valence-corrected chi connectivity index (χ3v) is 3.16. The van der Waals surface area contributed by atoms with Gasteiger partial charge in [-0.1, -0.05) is 36.4 Å². The van der Waals surface area contributed by atoms with Crippen LogP contribution in [0.1, 0.15) is 24.2 Å². The van der Waals surface area contributed by atoms with Crippen molar-refractivity contribution in [3.05, 3.63) is 59.7 Å². The lowest BCUT2D eigenvalue weighted by molar-refractivity contribution is -0.114. The van der Waals surface area contributed by atoms with Gasteiger partial charge in [-0.2, -0.15) is 0 Å². The Balaban J connectivity index is 2.19. The van der Waals surface area contributed by atoms with Gasteiger partial charge in [-0.3, -0.25) is 4.79 Å². The van der Waals surface area contributed by atoms with E-state index in [9.17, 15) is 9.90 Å². The predicted molar refractivity (Wildman–Crippen MR) is 85.5 cm³/mol. The van der Waals surface area contributed by atoms with Crippen molar-refractivity contribution in [2.45, 2.75) is 19.6 Å². The Morgan fingerprint density at radius 1 is 1.27 bits per heavy atom. The number of benzene rings is 2. The van der Waals surface area contributed by atoms with Crippen molar-refractivity contribution in [1.82, 2.24) is 0 Å². The Kier molecular flexibility index (Phi) is 5.52. The van der Waals surface area contributed by atoms with E-state index in [1.54, 1.807) is 18.2 Å². The van der Waals surface area contributed by atoms with E-state index < -0.39 is 6.10 Å². The minimum absolute atomic E-state index is 0.115. The number of nitrogens with one attached hydrogen (secondary N) is 1. The highest BCUT2D eigenvalue weighted by Gasteiger charge is 2.11. The number of nitrogens with two attached hydrogens (primary N) is 1. The Morgan fingerprint density at radius 2 is 2.00 bits per heavy atom. The molecule has 0 aliphatic heterocycles. The summed E-state index contributed by atoms with van der Waals surface area (Å²) in [7, 11) is 0. The summed E-state index contributed by atoms with van der Waals surface area (Å²) in [6.45, 7) is 1.93. The van der Waals surface area contributed by atoms with E-state index in [0.717, 1.165) is 5.56 Å². The number of aliphatic hydroxyl groups excluding tert-OH is 1. The van der Waals surface area contributed by atoms with Crippen LogP contribution >= 0.6 is 0 Å². The molecule has 22 heavy (non-hydrogen) atoms. The van der Waals surface area contributed by atoms with Gasteiger partial charge in [0.1, 0.15) is 12.4 Å². The van der Waals surface area contributed by atoms with E-state index in [1.807, 2.05) is 30.3 Å². The largest absolute Gasteiger partial charge is 0.487 e. The molecular weight excluding hydrogens is 280 g/mol. The Hall–Kier alpha value is -2.37. The molecule has 2 rings (SSSR count). The zero-order chi connectivity index (χ0) is 15.9. The van der Waals surface area contributed by atoms with Gasteiger partial charge in [0.2, 0.25) is 5.91 Å². The van der Waals surface area contributed by atoms with E-state index in [0.29, 0.717) is 23.6 Å². The molecule has 2 aromatic carbocycles. The quantitative estimate of drug-likeness (QED) is 0.763. The topological polar surface area (TPSA) is 84.6 Å². The molecule has 5 heteroatoms. The van der Waals surface area contributed by atoms with E-state index in [4.69, 9.17) is 10.5 Å². The normalized spacial score (nSPS) is 11.8. The molecular formula is C17H20N2O3. The molecule has 0 aliphatic carbocycles. The number of rotatable bonds is 6. The summed E-state index contributed by atoms with van der Waals surface area (Å²) in [5.74, 6) is 0.343. The van der Waals surface area contributed by atoms with Crippen molar-refractivity contribution < 1.29 is 14.6 Å². The van der Waals surface area contributed by atoms with Gasteiger partial charge in [0.15, 0.2) is 0 Å². The van der Waals surface area contributed by atoms with Gasteiger partial charge in [0.05, 0.1) is 11.8 Å². The number of hydrogen-bond donors (Lipinski definition) is 3. The fourth-order valence-electron chi connectivity index (χ4n) is 2.04. The Morgan fingerprint density at radius 3 is 2.64 bits per heavy atom. The monoisotopic (exact) mass is 300 g/mol. The third kappa shape index (κ3) is 4.31. The van der Waals surface area contributed by atoms with Gasteiger partial charge in [-0.05, 0) is 23.3 Å². The van der Waals surface area contributed by atoms with Crippen LogP contribution in [0.4, 0.5) is 5.69 Å². The van der Waals surface area contributed by atoms with Gasteiger partial charge < -0.3 is 20.9 Å². The molecule has 0 radical (unpaired) electrons. The molecule has 0 aromatic heterocycles. The number of aliphatic hydroxyl groups is 1. The average molecular weight is 300 g/mol. The van der Waals surface area contributed by atoms with Crippen molar-refractivity contribution in [2.24, 2.45) is 5.73 Å². The van der Waals surface area contributed by atoms with Gasteiger partial charge in [-0.15, -0.1) is 0 Å². The lowest BCUT2D eigenvalue weighted by Crippen LogP contribution is -2.13. The molecule has 1 atom stereocenters. The van der Waals surface area contributed by atoms with Gasteiger partial charge >= 0.3 is 0 Å². The van der Waals surface area contributed by atoms with Gasteiger partial charge in [-0.25, -0.2) is 0 Å². The van der Waals surface area contributed by atoms with Crippen LogP contribution in [-0.2, 0) is 11.4 Å². The number of anilines is 1. The van der Waals surface area contributed by atoms with E-state index >= 15 is 0 Å². The summed E-state index contributed by atoms with van der Waals surface area (Å²) in [4.78, 5) is 11.3. The maximum absolute atomic E-state index is 11.3. The van der Waals surface area contributed by atoms with Crippen molar-refractivity contribution in [3.8, 4) is 5.75 Å². The summed E-state index contributed by atoms with van der Waals surface area (Å²) in [6, 6.07) is 14.9. The van der Waals surface area contributed by atoms with Crippen LogP contribution in [0, 0.1) is 0 Å². The summed E-state index contributed by atoms with van der Waals surface area (Å²) in [5.41, 5.74) is 7.65. The van der Waals surface area contributed by atoms with Crippen LogP contribution in [0.25, 0.3) is 0 Å². The fraction of sp³-hybridized carbons (Fsp3) is 0.235. The first-order valence-electron chi connectivity index (χ1n) is 7.06. The van der Waals surface area contributed by atoms with E-state index in [2.05, 4.69) is 5.32 Å². The molecule has 1 amide bonds. The van der Waals surface area contributed by atoms with Crippen molar-refractivity contribution in [1.29, 1.82) is 0 Å². The molecule has 5 nitrogen and oxygen atoms in total. The van der Waals surface area contributed by atoms with Crippen LogP contribution in [0.3, 0.4) is 0 Å². The summed E-state index contributed by atoms with van der Waals surface area (Å²) >= 11 is 0. The second-order valence-electron chi connectivity index (χ2n) is 4.96. The second-order valence-corrected chi connectivity index (χ2v) is 4.96. The zero-order valence-corrected chi connectivity index (χ0v) is 12.5. The summed E-state index contributed by atoms with van der Waals surface area (Å²) in [6.07, 6.45) is -0.768. The highest BCUT2D eigenvalue weighted by molar-refractivity contribution is 5.90. The molecule has 4 N–H and O–H groups in total. The Bertz CT molecular complexity index is 629. The standard InChI is InChI=1S/C17H20N2O3/c1-12(20)19-15-9-14(16(21)10-18)7-8-17(15)22-11-13-5-3-2-4-6-13/h2-9,16,21H,10-11,18H2,1H3,(H,19,20)/t16-/m0/s1. The molecule has 0 bridgehead atoms. The maximum Gasteiger partial charge on any atom is 0.221 e. The van der Waals surface area contributed by atoms with Crippen LogP contribution in [0.15, 0.2) is 48.5 Å². The van der Waals surface area contributed by atoms with Crippen LogP contribution in [0.2, 0.25) is 0 Å². The summed E-state index contributed by atoms with van der Waals surface area (Å²) < 4.78 is 5.76. The number of amides is 1. The number of ether oxygens (including phenoxy) is 1. The summed E-state index contributed by atoms with van der Waals surface area (Å²) in [5, 5.41) is 12.5. The SMILES string of the molecule is CC(=O)Nc1cc([C@@H](O)CN)ccc1OCc1ccccc1. The first-order chi connectivity index (χ1) is 10.6. The first-order valence-corrected chi connectivity index (χ1v) is 7.06. The lowest BCUT2D eigenvalue weighted by Gasteiger charge is -2.15. The van der Waals surface area contributed by atoms with E-state index in [1.165, 1.54) is 6.92 Å². The fourth-order valence-corrected chi connectivity index (χ4v) is 2.04. The molecule has 0 fully saturated rings. The third-order valence-electron chi connectivity index (χ3n) is 3.16. The second kappa shape index (κ2) is 7.59. The highest BCUT2D eigenvalue weighted by Crippen LogP contribution is 2.29. The molecule has 116 valence electrons. The number of carbonyl (C=O) groups excluding carboxylic acids is 1. The van der Waals surface area contributed by atoms with E-state index in [-0.39, 0.29) is 12.5 Å². The molecule has 0 unspecified atom stereocenters. The first kappa shape index (κ1) is 16.0. The molecule has 0 heterocycles. The van der Waals surface area contributed by atoms with Crippen LogP contribution < -0.4 is 15.8 Å². The smallest absolute Gasteiger partial charge is 0.221 e. The van der Waals surface area contributed by atoms with Crippen LogP contribution in [-0.4, -0.2) is 17.6 Å². The minimum Gasteiger partial charge on any atom is -0.487 e. The Labute approximate surface area is 129 Å². The van der Waals surface area contributed by atoms with Crippen molar-refractivity contribution >= 4 is 11.6 Å². The number of carbonyl (C=O) groups is 1. The molecule has 2 aromatic rings. The van der Waals surface area contributed by atoms with Crippen molar-refractivity contribution in [2.75, 3.05) is 11.9 Å². The van der Waals surface area contributed by atoms with Crippen LogP contribution in [0.5, 0.6) is 5.75 Å². The van der Waals surface area contributed by atoms with Gasteiger partial charge in [0, 0.05) is 13.5 Å². The minimum atomic E-state index is -0.768. The molecule has 0 saturated heterocycles. The predicted octanol–water partition coefficient (Wildman–Crippen LogP) is 2.22. The van der Waals surface area contributed by atoms with Gasteiger partial charge in [0.25, 0.3) is 0 Å².